The summed E-state index contributed by atoms with van der Waals surface area (Å²) in [6.45, 7) is 0.508. The second-order valence-electron chi connectivity index (χ2n) is 6.20. The third kappa shape index (κ3) is 4.82. The zero-order chi connectivity index (χ0) is 19.2. The molecule has 3 nitrogen and oxygen atoms in total. The van der Waals surface area contributed by atoms with Gasteiger partial charge in [-0.05, 0) is 29.3 Å². The molecule has 0 radical (unpaired) electrons. The summed E-state index contributed by atoms with van der Waals surface area (Å²) < 4.78 is 0. The molecule has 27 heavy (non-hydrogen) atoms. The van der Waals surface area contributed by atoms with Crippen molar-refractivity contribution in [2.45, 2.75) is 13.0 Å². The van der Waals surface area contributed by atoms with Crippen LogP contribution in [0.15, 0.2) is 72.8 Å². The Balaban J connectivity index is 1.77. The van der Waals surface area contributed by atoms with Gasteiger partial charge in [0, 0.05) is 19.3 Å². The monoisotopic (exact) mass is 398 g/mol. The molecule has 0 fully saturated rings. The fraction of sp³-hybridized carbons (Fsp3) is 0.136. The molecule has 138 valence electrons. The first-order valence-electron chi connectivity index (χ1n) is 8.62. The minimum Gasteiger partial charge on any atom is -0.352 e. The molecule has 3 rings (SSSR count). The summed E-state index contributed by atoms with van der Waals surface area (Å²) >= 11 is 12.7. The number of carbonyl (C=O) groups excluding carboxylic acids is 1. The molecule has 3 aromatic carbocycles. The van der Waals surface area contributed by atoms with Gasteiger partial charge in [0.2, 0.25) is 5.91 Å². The topological polar surface area (TPSA) is 32.3 Å². The van der Waals surface area contributed by atoms with Crippen LogP contribution in [0.1, 0.15) is 11.1 Å². The lowest BCUT2D eigenvalue weighted by Crippen LogP contribution is -2.25. The average Bonchev–Trinajstić information content (AvgIpc) is 2.67. The van der Waals surface area contributed by atoms with Crippen LogP contribution in [0.3, 0.4) is 0 Å². The van der Waals surface area contributed by atoms with E-state index in [9.17, 15) is 4.79 Å². The highest BCUT2D eigenvalue weighted by molar-refractivity contribution is 6.39. The van der Waals surface area contributed by atoms with E-state index in [2.05, 4.69) is 5.32 Å². The lowest BCUT2D eigenvalue weighted by Gasteiger charge is -2.24. The third-order valence-corrected chi connectivity index (χ3v) is 4.92. The molecular formula is C22H20Cl2N2O. The first-order chi connectivity index (χ1) is 13.1. The van der Waals surface area contributed by atoms with Crippen LogP contribution in [0.4, 0.5) is 11.4 Å². The molecule has 5 heteroatoms. The van der Waals surface area contributed by atoms with Crippen molar-refractivity contribution >= 4 is 40.5 Å². The maximum atomic E-state index is 12.4. The molecule has 0 aliphatic rings. The summed E-state index contributed by atoms with van der Waals surface area (Å²) in [5, 5.41) is 4.09. The Labute approximate surface area is 169 Å². The van der Waals surface area contributed by atoms with E-state index < -0.39 is 0 Å². The zero-order valence-electron chi connectivity index (χ0n) is 15.0. The van der Waals surface area contributed by atoms with Crippen LogP contribution in [0, 0.1) is 0 Å². The Morgan fingerprint density at radius 3 is 2.22 bits per heavy atom. The SMILES string of the molecule is CN(c1ccccc1CC(=O)NCc1ccccc1)c1c(Cl)cccc1Cl. The molecular weight excluding hydrogens is 379 g/mol. The first-order valence-corrected chi connectivity index (χ1v) is 9.38. The van der Waals surface area contributed by atoms with E-state index in [1.807, 2.05) is 72.6 Å². The molecule has 1 N–H and O–H groups in total. The highest BCUT2D eigenvalue weighted by atomic mass is 35.5. The number of carbonyl (C=O) groups is 1. The number of anilines is 2. The molecule has 0 atom stereocenters. The number of hydrogen-bond donors (Lipinski definition) is 1. The number of hydrogen-bond acceptors (Lipinski definition) is 2. The van der Waals surface area contributed by atoms with Crippen LogP contribution in [0.2, 0.25) is 10.0 Å². The van der Waals surface area contributed by atoms with Crippen LogP contribution in [-0.4, -0.2) is 13.0 Å². The second kappa shape index (κ2) is 8.94. The molecule has 1 amide bonds. The number of nitrogens with one attached hydrogen (secondary N) is 1. The number of rotatable bonds is 6. The molecule has 0 aromatic heterocycles. The second-order valence-corrected chi connectivity index (χ2v) is 7.01. The van der Waals surface area contributed by atoms with Gasteiger partial charge < -0.3 is 10.2 Å². The van der Waals surface area contributed by atoms with E-state index in [1.165, 1.54) is 0 Å². The van der Waals surface area contributed by atoms with E-state index >= 15 is 0 Å². The minimum atomic E-state index is -0.0371. The Kier molecular flexibility index (Phi) is 6.38. The summed E-state index contributed by atoms with van der Waals surface area (Å²) in [5.74, 6) is -0.0371. The van der Waals surface area contributed by atoms with Crippen molar-refractivity contribution in [3.05, 3.63) is 94.0 Å². The Morgan fingerprint density at radius 1 is 0.889 bits per heavy atom. The molecule has 0 aliphatic carbocycles. The normalized spacial score (nSPS) is 10.5. The van der Waals surface area contributed by atoms with Crippen LogP contribution >= 0.6 is 23.2 Å². The molecule has 0 spiro atoms. The average molecular weight is 399 g/mol. The van der Waals surface area contributed by atoms with Crippen molar-refractivity contribution < 1.29 is 4.79 Å². The lowest BCUT2D eigenvalue weighted by atomic mass is 10.1. The Morgan fingerprint density at radius 2 is 1.52 bits per heavy atom. The van der Waals surface area contributed by atoms with Gasteiger partial charge in [0.25, 0.3) is 0 Å². The molecule has 0 unspecified atom stereocenters. The predicted octanol–water partition coefficient (Wildman–Crippen LogP) is 5.62. The highest BCUT2D eigenvalue weighted by Gasteiger charge is 2.16. The largest absolute Gasteiger partial charge is 0.352 e. The lowest BCUT2D eigenvalue weighted by molar-refractivity contribution is -0.120. The number of nitrogens with zero attached hydrogens (tertiary/aromatic N) is 1. The van der Waals surface area contributed by atoms with Gasteiger partial charge in [0.05, 0.1) is 22.2 Å². The van der Waals surface area contributed by atoms with Gasteiger partial charge in [-0.3, -0.25) is 4.79 Å². The van der Waals surface area contributed by atoms with Gasteiger partial charge in [0.15, 0.2) is 0 Å². The predicted molar refractivity (Wildman–Crippen MR) is 113 cm³/mol. The zero-order valence-corrected chi connectivity index (χ0v) is 16.5. The molecule has 0 heterocycles. The van der Waals surface area contributed by atoms with Gasteiger partial charge >= 0.3 is 0 Å². The maximum Gasteiger partial charge on any atom is 0.224 e. The quantitative estimate of drug-likeness (QED) is 0.584. The van der Waals surface area contributed by atoms with E-state index in [0.29, 0.717) is 16.6 Å². The smallest absolute Gasteiger partial charge is 0.224 e. The Hall–Kier alpha value is -2.49. The van der Waals surface area contributed by atoms with Gasteiger partial charge in [-0.2, -0.15) is 0 Å². The van der Waals surface area contributed by atoms with E-state index in [1.54, 1.807) is 12.1 Å². The van der Waals surface area contributed by atoms with Crippen molar-refractivity contribution in [2.75, 3.05) is 11.9 Å². The van der Waals surface area contributed by atoms with Crippen LogP contribution in [0.5, 0.6) is 0 Å². The molecule has 0 saturated carbocycles. The summed E-state index contributed by atoms with van der Waals surface area (Å²) in [4.78, 5) is 14.4. The first kappa shape index (κ1) is 19.3. The molecule has 0 aliphatic heterocycles. The number of halogens is 2. The Bertz CT molecular complexity index is 908. The fourth-order valence-electron chi connectivity index (χ4n) is 2.95. The minimum absolute atomic E-state index is 0.0371. The number of benzene rings is 3. The van der Waals surface area contributed by atoms with Gasteiger partial charge in [-0.25, -0.2) is 0 Å². The van der Waals surface area contributed by atoms with E-state index in [4.69, 9.17) is 23.2 Å². The van der Waals surface area contributed by atoms with Gasteiger partial charge in [-0.15, -0.1) is 0 Å². The van der Waals surface area contributed by atoms with E-state index in [-0.39, 0.29) is 12.3 Å². The standard InChI is InChI=1S/C22H20Cl2N2O/c1-26(22-18(23)11-7-12-19(22)24)20-13-6-5-10-17(20)14-21(27)25-15-16-8-3-2-4-9-16/h2-13H,14-15H2,1H3,(H,25,27). The third-order valence-electron chi connectivity index (χ3n) is 4.31. The summed E-state index contributed by atoms with van der Waals surface area (Å²) in [5.41, 5.74) is 3.58. The van der Waals surface area contributed by atoms with Gasteiger partial charge in [0.1, 0.15) is 0 Å². The molecule has 0 bridgehead atoms. The summed E-state index contributed by atoms with van der Waals surface area (Å²) in [6, 6.07) is 23.0. The fourth-order valence-corrected chi connectivity index (χ4v) is 3.60. The van der Waals surface area contributed by atoms with Crippen molar-refractivity contribution in [1.29, 1.82) is 0 Å². The summed E-state index contributed by atoms with van der Waals surface area (Å²) in [6.07, 6.45) is 0.273. The van der Waals surface area contributed by atoms with Crippen LogP contribution < -0.4 is 10.2 Å². The van der Waals surface area contributed by atoms with Crippen molar-refractivity contribution in [3.8, 4) is 0 Å². The van der Waals surface area contributed by atoms with Gasteiger partial charge in [-0.1, -0.05) is 77.8 Å². The molecule has 3 aromatic rings. The summed E-state index contributed by atoms with van der Waals surface area (Å²) in [7, 11) is 1.90. The number of para-hydroxylation sites is 2. The van der Waals surface area contributed by atoms with E-state index in [0.717, 1.165) is 22.5 Å². The van der Waals surface area contributed by atoms with Crippen LogP contribution in [0.25, 0.3) is 0 Å². The van der Waals surface area contributed by atoms with Crippen LogP contribution in [-0.2, 0) is 17.8 Å². The van der Waals surface area contributed by atoms with Crippen molar-refractivity contribution in [3.63, 3.8) is 0 Å². The molecule has 0 saturated heterocycles. The number of amides is 1. The maximum absolute atomic E-state index is 12.4. The van der Waals surface area contributed by atoms with Crippen molar-refractivity contribution in [1.82, 2.24) is 5.32 Å². The van der Waals surface area contributed by atoms with Crippen molar-refractivity contribution in [2.24, 2.45) is 0 Å². The highest BCUT2D eigenvalue weighted by Crippen LogP contribution is 2.38.